The zero-order valence-electron chi connectivity index (χ0n) is 16.2. The second-order valence-electron chi connectivity index (χ2n) is 7.48. The summed E-state index contributed by atoms with van der Waals surface area (Å²) in [5.41, 5.74) is 6.68. The van der Waals surface area contributed by atoms with Crippen LogP contribution in [0, 0.1) is 0 Å². The molecule has 29 heavy (non-hydrogen) atoms. The first-order valence-corrected chi connectivity index (χ1v) is 9.76. The molecule has 0 saturated carbocycles. The highest BCUT2D eigenvalue weighted by molar-refractivity contribution is 5.98. The lowest BCUT2D eigenvalue weighted by Crippen LogP contribution is -2.24. The van der Waals surface area contributed by atoms with Gasteiger partial charge >= 0.3 is 0 Å². The Morgan fingerprint density at radius 3 is 2.93 bits per heavy atom. The number of benzene rings is 1. The van der Waals surface area contributed by atoms with Gasteiger partial charge in [0.1, 0.15) is 0 Å². The summed E-state index contributed by atoms with van der Waals surface area (Å²) in [6.07, 6.45) is 6.80. The van der Waals surface area contributed by atoms with Gasteiger partial charge in [0, 0.05) is 42.5 Å². The van der Waals surface area contributed by atoms with E-state index in [9.17, 15) is 4.79 Å². The van der Waals surface area contributed by atoms with Gasteiger partial charge in [0.25, 0.3) is 0 Å². The van der Waals surface area contributed by atoms with Crippen LogP contribution in [-0.4, -0.2) is 32.1 Å². The Bertz CT molecular complexity index is 1230. The number of ketones is 1. The average molecular weight is 383 g/mol. The number of carbonyl (C=O) groups excluding carboxylic acids is 1. The van der Waals surface area contributed by atoms with E-state index in [1.54, 1.807) is 17.1 Å². The predicted molar refractivity (Wildman–Crippen MR) is 112 cm³/mol. The van der Waals surface area contributed by atoms with Crippen LogP contribution in [0.3, 0.4) is 0 Å². The maximum atomic E-state index is 12.8. The number of aryl methyl sites for hydroxylation is 1. The monoisotopic (exact) mass is 383 g/mol. The van der Waals surface area contributed by atoms with Crippen LogP contribution in [0.5, 0.6) is 0 Å². The van der Waals surface area contributed by atoms with Crippen molar-refractivity contribution in [3.05, 3.63) is 77.4 Å². The first kappa shape index (κ1) is 17.7. The minimum atomic E-state index is 0.0774. The average Bonchev–Trinajstić information content (AvgIpc) is 3.19. The van der Waals surface area contributed by atoms with Crippen molar-refractivity contribution < 1.29 is 4.79 Å². The summed E-state index contributed by atoms with van der Waals surface area (Å²) >= 11 is 0. The Hall–Kier alpha value is -3.38. The molecule has 4 aromatic rings. The number of Topliss-reactive ketones (excluding diaryl/α,β-unsaturated/α-hetero) is 1. The third-order valence-corrected chi connectivity index (χ3v) is 5.39. The number of aromatic nitrogens is 4. The lowest BCUT2D eigenvalue weighted by atomic mass is 9.96. The highest BCUT2D eigenvalue weighted by atomic mass is 16.1. The van der Waals surface area contributed by atoms with Crippen LogP contribution >= 0.6 is 0 Å². The molecular weight excluding hydrogens is 362 g/mol. The maximum absolute atomic E-state index is 12.8. The zero-order chi connectivity index (χ0) is 19.8. The molecule has 5 rings (SSSR count). The largest absolute Gasteiger partial charge is 0.312 e. The normalized spacial score (nSPS) is 13.4. The van der Waals surface area contributed by atoms with Crippen LogP contribution in [0.25, 0.3) is 22.2 Å². The number of carbonyl (C=O) groups is 1. The highest BCUT2D eigenvalue weighted by Crippen LogP contribution is 2.21. The molecule has 0 bridgehead atoms. The van der Waals surface area contributed by atoms with E-state index < -0.39 is 0 Å². The maximum Gasteiger partial charge on any atom is 0.168 e. The Morgan fingerprint density at radius 1 is 1.14 bits per heavy atom. The molecule has 0 saturated heterocycles. The SMILES string of the molecule is Cn1cc(-c2ccc3cnc(CC(=O)c4ccc5c(c4)CNCC5)cc3n2)cn1. The van der Waals surface area contributed by atoms with E-state index in [-0.39, 0.29) is 12.2 Å². The second-order valence-corrected chi connectivity index (χ2v) is 7.48. The number of rotatable bonds is 4. The molecule has 6 nitrogen and oxygen atoms in total. The quantitative estimate of drug-likeness (QED) is 0.548. The fourth-order valence-corrected chi connectivity index (χ4v) is 3.79. The Balaban J connectivity index is 1.42. The summed E-state index contributed by atoms with van der Waals surface area (Å²) in [5, 5.41) is 8.52. The Morgan fingerprint density at radius 2 is 2.07 bits per heavy atom. The van der Waals surface area contributed by atoms with Gasteiger partial charge < -0.3 is 5.32 Å². The number of fused-ring (bicyclic) bond motifs is 2. The van der Waals surface area contributed by atoms with Crippen LogP contribution in [0.4, 0.5) is 0 Å². The molecule has 4 heterocycles. The Labute approximate surface area is 168 Å². The third-order valence-electron chi connectivity index (χ3n) is 5.39. The van der Waals surface area contributed by atoms with Crippen molar-refractivity contribution in [1.82, 2.24) is 25.1 Å². The second kappa shape index (κ2) is 7.22. The molecule has 1 aliphatic heterocycles. The molecule has 0 atom stereocenters. The zero-order valence-corrected chi connectivity index (χ0v) is 16.2. The molecular formula is C23H21N5O. The first-order valence-electron chi connectivity index (χ1n) is 9.76. The molecule has 0 radical (unpaired) electrons. The number of hydrogen-bond acceptors (Lipinski definition) is 5. The van der Waals surface area contributed by atoms with Gasteiger partial charge in [-0.05, 0) is 48.4 Å². The summed E-state index contributed by atoms with van der Waals surface area (Å²) in [6, 6.07) is 11.9. The van der Waals surface area contributed by atoms with Gasteiger partial charge in [-0.3, -0.25) is 14.5 Å². The van der Waals surface area contributed by atoms with Crippen LogP contribution in [0.1, 0.15) is 27.2 Å². The van der Waals surface area contributed by atoms with Gasteiger partial charge in [-0.1, -0.05) is 12.1 Å². The molecule has 1 N–H and O–H groups in total. The van der Waals surface area contributed by atoms with Gasteiger partial charge in [-0.2, -0.15) is 5.10 Å². The predicted octanol–water partition coefficient (Wildman–Crippen LogP) is 3.10. The van der Waals surface area contributed by atoms with Crippen molar-refractivity contribution >= 4 is 16.7 Å². The van der Waals surface area contributed by atoms with Gasteiger partial charge in [-0.25, -0.2) is 4.98 Å². The number of hydrogen-bond donors (Lipinski definition) is 1. The molecule has 0 fully saturated rings. The van der Waals surface area contributed by atoms with Crippen LogP contribution in [-0.2, 0) is 26.4 Å². The lowest BCUT2D eigenvalue weighted by molar-refractivity contribution is 0.0992. The smallest absolute Gasteiger partial charge is 0.168 e. The molecule has 1 aliphatic rings. The fraction of sp³-hybridized carbons (Fsp3) is 0.217. The Kier molecular flexibility index (Phi) is 4.41. The fourth-order valence-electron chi connectivity index (χ4n) is 3.79. The summed E-state index contributed by atoms with van der Waals surface area (Å²) < 4.78 is 1.76. The van der Waals surface area contributed by atoms with Crippen molar-refractivity contribution in [3.8, 4) is 11.3 Å². The van der Waals surface area contributed by atoms with Crippen molar-refractivity contribution in [2.75, 3.05) is 6.54 Å². The molecule has 0 aliphatic carbocycles. The number of nitrogens with one attached hydrogen (secondary N) is 1. The number of nitrogens with zero attached hydrogens (tertiary/aromatic N) is 4. The van der Waals surface area contributed by atoms with E-state index in [2.05, 4.69) is 21.5 Å². The third kappa shape index (κ3) is 3.54. The van der Waals surface area contributed by atoms with Gasteiger partial charge in [-0.15, -0.1) is 0 Å². The van der Waals surface area contributed by atoms with Gasteiger partial charge in [0.05, 0.1) is 29.5 Å². The topological polar surface area (TPSA) is 72.7 Å². The lowest BCUT2D eigenvalue weighted by Gasteiger charge is -2.17. The summed E-state index contributed by atoms with van der Waals surface area (Å²) in [4.78, 5) is 22.1. The van der Waals surface area contributed by atoms with Crippen LogP contribution < -0.4 is 5.32 Å². The summed E-state index contributed by atoms with van der Waals surface area (Å²) in [6.45, 7) is 1.82. The number of pyridine rings is 2. The van der Waals surface area contributed by atoms with Crippen LogP contribution in [0.2, 0.25) is 0 Å². The molecule has 0 unspecified atom stereocenters. The van der Waals surface area contributed by atoms with E-state index in [4.69, 9.17) is 4.98 Å². The molecule has 0 amide bonds. The van der Waals surface area contributed by atoms with Crippen molar-refractivity contribution in [3.63, 3.8) is 0 Å². The summed E-state index contributed by atoms with van der Waals surface area (Å²) in [7, 11) is 1.88. The first-order chi connectivity index (χ1) is 14.2. The molecule has 0 spiro atoms. The molecule has 1 aromatic carbocycles. The van der Waals surface area contributed by atoms with E-state index >= 15 is 0 Å². The van der Waals surface area contributed by atoms with Crippen LogP contribution in [0.15, 0.2) is 55.0 Å². The molecule has 3 aromatic heterocycles. The van der Waals surface area contributed by atoms with E-state index in [0.717, 1.165) is 52.9 Å². The minimum absolute atomic E-state index is 0.0774. The highest BCUT2D eigenvalue weighted by Gasteiger charge is 2.14. The van der Waals surface area contributed by atoms with E-state index in [1.807, 2.05) is 43.6 Å². The van der Waals surface area contributed by atoms with E-state index in [1.165, 1.54) is 11.1 Å². The molecule has 6 heteroatoms. The van der Waals surface area contributed by atoms with Crippen molar-refractivity contribution in [1.29, 1.82) is 0 Å². The van der Waals surface area contributed by atoms with E-state index in [0.29, 0.717) is 0 Å². The van der Waals surface area contributed by atoms with Crippen molar-refractivity contribution in [2.45, 2.75) is 19.4 Å². The van der Waals surface area contributed by atoms with Crippen molar-refractivity contribution in [2.24, 2.45) is 7.05 Å². The standard InChI is InChI=1S/C23H21N5O/c1-28-14-19(13-26-28)21-5-4-17-12-25-20(9-22(17)27-21)10-23(29)16-3-2-15-6-7-24-11-18(15)8-16/h2-5,8-9,12-14,24H,6-7,10-11H2,1H3. The summed E-state index contributed by atoms with van der Waals surface area (Å²) in [5.74, 6) is 0.0774. The van der Waals surface area contributed by atoms with Gasteiger partial charge in [0.15, 0.2) is 5.78 Å². The molecule has 144 valence electrons. The van der Waals surface area contributed by atoms with Gasteiger partial charge in [0.2, 0.25) is 0 Å². The minimum Gasteiger partial charge on any atom is -0.312 e.